The van der Waals surface area contributed by atoms with Gasteiger partial charge in [-0.2, -0.15) is 0 Å². The summed E-state index contributed by atoms with van der Waals surface area (Å²) in [6.45, 7) is 6.26. The van der Waals surface area contributed by atoms with E-state index in [1.54, 1.807) is 0 Å². The van der Waals surface area contributed by atoms with Gasteiger partial charge in [-0.15, -0.1) is 0 Å². The Hall–Kier alpha value is -2.86. The van der Waals surface area contributed by atoms with Gasteiger partial charge in [0.15, 0.2) is 0 Å². The van der Waals surface area contributed by atoms with Crippen molar-refractivity contribution in [2.45, 2.75) is 50.4 Å². The van der Waals surface area contributed by atoms with E-state index in [1.165, 1.54) is 0 Å². The van der Waals surface area contributed by atoms with Crippen LogP contribution in [0.15, 0.2) is 54.3 Å². The summed E-state index contributed by atoms with van der Waals surface area (Å²) in [6, 6.07) is 7.79. The molecule has 4 atom stereocenters. The Morgan fingerprint density at radius 2 is 2.16 bits per heavy atom. The van der Waals surface area contributed by atoms with Crippen LogP contribution in [0, 0.1) is 5.92 Å². The van der Waals surface area contributed by atoms with Gasteiger partial charge < -0.3 is 18.8 Å². The molecule has 5 rings (SSSR count). The number of allylic oxidation sites excluding steroid dienone is 1. The molecule has 2 fully saturated rings. The lowest BCUT2D eigenvalue weighted by atomic mass is 9.84. The predicted octanol–water partition coefficient (Wildman–Crippen LogP) is 4.09. The molecule has 0 saturated carbocycles. The Kier molecular flexibility index (Phi) is 4.77. The van der Waals surface area contributed by atoms with Crippen LogP contribution in [-0.2, 0) is 26.1 Å². The van der Waals surface area contributed by atoms with Crippen molar-refractivity contribution in [3.63, 3.8) is 0 Å². The number of esters is 2. The van der Waals surface area contributed by atoms with Crippen molar-refractivity contribution in [1.82, 2.24) is 4.57 Å². The van der Waals surface area contributed by atoms with Crippen molar-refractivity contribution in [2.24, 2.45) is 13.0 Å². The molecule has 6 nitrogen and oxygen atoms in total. The minimum Gasteiger partial charge on any atom is -0.458 e. The lowest BCUT2D eigenvalue weighted by Gasteiger charge is -2.20. The summed E-state index contributed by atoms with van der Waals surface area (Å²) in [5, 5.41) is 0.889. The van der Waals surface area contributed by atoms with Gasteiger partial charge in [-0.3, -0.25) is 0 Å². The van der Waals surface area contributed by atoms with Gasteiger partial charge in [0.1, 0.15) is 18.8 Å². The molecule has 1 aromatic heterocycles. The fourth-order valence-electron chi connectivity index (χ4n) is 4.99. The topological polar surface area (TPSA) is 70.1 Å². The molecule has 1 aromatic carbocycles. The van der Waals surface area contributed by atoms with Crippen molar-refractivity contribution >= 4 is 22.8 Å². The van der Waals surface area contributed by atoms with Gasteiger partial charge in [0.25, 0.3) is 0 Å². The maximum atomic E-state index is 12.8. The minimum absolute atomic E-state index is 0.0557. The second kappa shape index (κ2) is 7.38. The fraction of sp³-hybridized carbons (Fsp3) is 0.440. The van der Waals surface area contributed by atoms with Crippen LogP contribution in [0.4, 0.5) is 0 Å². The van der Waals surface area contributed by atoms with Gasteiger partial charge >= 0.3 is 11.9 Å². The fourth-order valence-corrected chi connectivity index (χ4v) is 4.99. The molecular formula is C25H27NO5. The Bertz CT molecular complexity index is 1110. The molecule has 3 heterocycles. The summed E-state index contributed by atoms with van der Waals surface area (Å²) in [7, 11) is 1.92. The van der Waals surface area contributed by atoms with Gasteiger partial charge in [0, 0.05) is 35.6 Å². The number of hydrogen-bond acceptors (Lipinski definition) is 5. The molecule has 0 radical (unpaired) electrons. The van der Waals surface area contributed by atoms with Crippen LogP contribution in [0.25, 0.3) is 10.9 Å². The summed E-state index contributed by atoms with van der Waals surface area (Å²) in [6.07, 6.45) is 6.78. The number of nitrogens with zero attached hydrogens (tertiary/aromatic N) is 1. The molecule has 162 valence electrons. The number of aryl methyl sites for hydroxylation is 1. The van der Waals surface area contributed by atoms with Crippen molar-refractivity contribution in [1.29, 1.82) is 0 Å². The largest absolute Gasteiger partial charge is 0.458 e. The highest BCUT2D eigenvalue weighted by Crippen LogP contribution is 2.49. The number of aromatic nitrogens is 1. The molecule has 0 spiro atoms. The molecule has 3 aliphatic rings. The summed E-state index contributed by atoms with van der Waals surface area (Å²) in [4.78, 5) is 24.9. The monoisotopic (exact) mass is 421 g/mol. The van der Waals surface area contributed by atoms with E-state index < -0.39 is 0 Å². The molecule has 2 saturated heterocycles. The molecule has 0 amide bonds. The molecule has 31 heavy (non-hydrogen) atoms. The number of carbonyl (C=O) groups is 2. The number of ether oxygens (including phenoxy) is 3. The van der Waals surface area contributed by atoms with Crippen molar-refractivity contribution < 1.29 is 23.8 Å². The first-order valence-electron chi connectivity index (χ1n) is 10.8. The SMILES string of the molecule is C=C1C(=O)O[C@H]2[C@H]1CC/C(COC(=O)c1cn(C)c3ccccc13)=C\CC[C@@]1(C)O[C@@H]21. The van der Waals surface area contributed by atoms with E-state index >= 15 is 0 Å². The van der Waals surface area contributed by atoms with E-state index in [2.05, 4.69) is 19.6 Å². The first-order valence-corrected chi connectivity index (χ1v) is 10.8. The van der Waals surface area contributed by atoms with Crippen LogP contribution in [0.5, 0.6) is 0 Å². The number of fused-ring (bicyclic) bond motifs is 4. The third-order valence-corrected chi connectivity index (χ3v) is 6.94. The Morgan fingerprint density at radius 3 is 3.00 bits per heavy atom. The normalized spacial score (nSPS) is 31.9. The van der Waals surface area contributed by atoms with Crippen molar-refractivity contribution in [3.8, 4) is 0 Å². The zero-order valence-corrected chi connectivity index (χ0v) is 17.9. The van der Waals surface area contributed by atoms with E-state index in [-0.39, 0.29) is 42.3 Å². The summed E-state index contributed by atoms with van der Waals surface area (Å²) >= 11 is 0. The maximum Gasteiger partial charge on any atom is 0.340 e. The Morgan fingerprint density at radius 1 is 1.35 bits per heavy atom. The summed E-state index contributed by atoms with van der Waals surface area (Å²) in [5.41, 5.74) is 2.88. The van der Waals surface area contributed by atoms with Crippen LogP contribution < -0.4 is 0 Å². The van der Waals surface area contributed by atoms with Crippen LogP contribution in [0.1, 0.15) is 43.0 Å². The Labute approximate surface area is 181 Å². The van der Waals surface area contributed by atoms with Gasteiger partial charge in [-0.1, -0.05) is 30.9 Å². The average molecular weight is 421 g/mol. The molecule has 0 unspecified atom stereocenters. The third kappa shape index (κ3) is 3.49. The smallest absolute Gasteiger partial charge is 0.340 e. The van der Waals surface area contributed by atoms with E-state index in [1.807, 2.05) is 42.1 Å². The number of epoxide rings is 1. The predicted molar refractivity (Wildman–Crippen MR) is 116 cm³/mol. The van der Waals surface area contributed by atoms with Gasteiger partial charge in [0.2, 0.25) is 0 Å². The number of carbonyl (C=O) groups excluding carboxylic acids is 2. The van der Waals surface area contributed by atoms with Gasteiger partial charge in [0.05, 0.1) is 11.2 Å². The number of rotatable bonds is 3. The van der Waals surface area contributed by atoms with Crippen molar-refractivity contribution in [3.05, 3.63) is 59.8 Å². The lowest BCUT2D eigenvalue weighted by molar-refractivity contribution is -0.140. The first kappa shape index (κ1) is 20.1. The molecule has 2 aliphatic heterocycles. The quantitative estimate of drug-likeness (QED) is 0.323. The highest BCUT2D eigenvalue weighted by atomic mass is 16.6. The molecule has 0 N–H and O–H groups in total. The minimum atomic E-state index is -0.325. The highest BCUT2D eigenvalue weighted by molar-refractivity contribution is 6.04. The second-order valence-electron chi connectivity index (χ2n) is 9.04. The highest BCUT2D eigenvalue weighted by Gasteiger charge is 2.61. The summed E-state index contributed by atoms with van der Waals surface area (Å²) < 4.78 is 19.2. The maximum absolute atomic E-state index is 12.8. The second-order valence-corrected chi connectivity index (χ2v) is 9.04. The number of hydrogen-bond donors (Lipinski definition) is 0. The zero-order valence-electron chi connectivity index (χ0n) is 17.9. The molecule has 6 heteroatoms. The molecule has 0 bridgehead atoms. The molecule has 1 aliphatic carbocycles. The van der Waals surface area contributed by atoms with E-state index in [0.29, 0.717) is 11.1 Å². The summed E-state index contributed by atoms with van der Waals surface area (Å²) in [5.74, 6) is -0.705. The molecular weight excluding hydrogens is 394 g/mol. The number of para-hydroxylation sites is 1. The van der Waals surface area contributed by atoms with E-state index in [0.717, 1.165) is 42.2 Å². The van der Waals surface area contributed by atoms with E-state index in [4.69, 9.17) is 14.2 Å². The third-order valence-electron chi connectivity index (χ3n) is 6.94. The zero-order chi connectivity index (χ0) is 21.8. The number of benzene rings is 1. The van der Waals surface area contributed by atoms with Crippen molar-refractivity contribution in [2.75, 3.05) is 6.61 Å². The lowest BCUT2D eigenvalue weighted by Crippen LogP contribution is -2.29. The molecule has 2 aromatic rings. The van der Waals surface area contributed by atoms with Crippen LogP contribution in [-0.4, -0.2) is 40.9 Å². The Balaban J connectivity index is 1.31. The van der Waals surface area contributed by atoms with Gasteiger partial charge in [-0.25, -0.2) is 9.59 Å². The van der Waals surface area contributed by atoms with Crippen LogP contribution >= 0.6 is 0 Å². The first-order chi connectivity index (χ1) is 14.9. The standard InChI is InChI=1S/C25H27NO5/c1-15-17-11-10-16(7-6-12-25(2)22(31-25)21(17)30-23(15)27)14-29-24(28)19-13-26(3)20-9-5-4-8-18(19)20/h4-5,7-9,13,17,21-22H,1,6,10-12,14H2,2-3H3/b16-7+/t17-,21-,22-,25+/m0/s1. The average Bonchev–Trinajstić information content (AvgIpc) is 3.19. The van der Waals surface area contributed by atoms with Crippen LogP contribution in [0.3, 0.4) is 0 Å². The van der Waals surface area contributed by atoms with Gasteiger partial charge in [-0.05, 0) is 44.2 Å². The van der Waals surface area contributed by atoms with E-state index in [9.17, 15) is 9.59 Å². The van der Waals surface area contributed by atoms with Crippen LogP contribution in [0.2, 0.25) is 0 Å².